The van der Waals surface area contributed by atoms with Crippen molar-refractivity contribution in [3.8, 4) is 0 Å². The van der Waals surface area contributed by atoms with Gasteiger partial charge in [-0.15, -0.1) is 0 Å². The first-order valence-corrected chi connectivity index (χ1v) is 9.89. The molecule has 2 aliphatic rings. The first-order valence-electron chi connectivity index (χ1n) is 9.89. The van der Waals surface area contributed by atoms with Crippen molar-refractivity contribution in [2.75, 3.05) is 26.9 Å². The molecule has 0 amide bonds. The summed E-state index contributed by atoms with van der Waals surface area (Å²) in [5, 5.41) is 13.6. The van der Waals surface area contributed by atoms with Gasteiger partial charge in [-0.2, -0.15) is 5.10 Å². The number of hydrogen-bond donors (Lipinski definition) is 1. The Morgan fingerprint density at radius 1 is 1.33 bits per heavy atom. The molecule has 3 heterocycles. The second kappa shape index (κ2) is 7.47. The Hall–Kier alpha value is -1.54. The minimum Gasteiger partial charge on any atom is -0.394 e. The van der Waals surface area contributed by atoms with Crippen LogP contribution < -0.4 is 0 Å². The lowest BCUT2D eigenvalue weighted by Gasteiger charge is -2.43. The number of hydrogen-bond acceptors (Lipinski definition) is 6. The Labute approximate surface area is 160 Å². The molecule has 0 bridgehead atoms. The normalized spacial score (nSPS) is 28.7. The largest absolute Gasteiger partial charge is 0.394 e. The third kappa shape index (κ3) is 3.38. The minimum absolute atomic E-state index is 0.0765. The average molecular weight is 374 g/mol. The van der Waals surface area contributed by atoms with Crippen LogP contribution in [0, 0.1) is 13.8 Å². The quantitative estimate of drug-likeness (QED) is 0.832. The highest BCUT2D eigenvalue weighted by atomic mass is 16.5. The number of aliphatic hydroxyl groups is 1. The highest BCUT2D eigenvalue weighted by Crippen LogP contribution is 2.43. The summed E-state index contributed by atoms with van der Waals surface area (Å²) in [5.41, 5.74) is 4.15. The molecule has 7 heteroatoms. The van der Waals surface area contributed by atoms with E-state index in [-0.39, 0.29) is 18.3 Å². The molecule has 0 spiro atoms. The Morgan fingerprint density at radius 2 is 2.19 bits per heavy atom. The van der Waals surface area contributed by atoms with E-state index in [4.69, 9.17) is 19.6 Å². The van der Waals surface area contributed by atoms with Gasteiger partial charge in [0.25, 0.3) is 0 Å². The lowest BCUT2D eigenvalue weighted by atomic mass is 9.79. The van der Waals surface area contributed by atoms with Gasteiger partial charge in [-0.25, -0.2) is 9.50 Å². The van der Waals surface area contributed by atoms with Gasteiger partial charge in [-0.3, -0.25) is 4.90 Å². The molecule has 1 aliphatic heterocycles. The van der Waals surface area contributed by atoms with E-state index in [1.165, 1.54) is 0 Å². The van der Waals surface area contributed by atoms with Gasteiger partial charge in [0, 0.05) is 43.2 Å². The molecule has 0 radical (unpaired) electrons. The SMILES string of the molecule is CO[C@@]12CC[C@H](OCCO)C[C@@H]1N(Cc1cnn3c(C)cc(C)nc13)CC2. The molecule has 1 saturated carbocycles. The number of aryl methyl sites for hydroxylation is 2. The molecule has 148 valence electrons. The van der Waals surface area contributed by atoms with E-state index >= 15 is 0 Å². The molecule has 1 N–H and O–H groups in total. The van der Waals surface area contributed by atoms with Crippen LogP contribution in [0.25, 0.3) is 5.65 Å². The van der Waals surface area contributed by atoms with E-state index in [9.17, 15) is 0 Å². The van der Waals surface area contributed by atoms with Gasteiger partial charge in [0.05, 0.1) is 31.1 Å². The van der Waals surface area contributed by atoms with Gasteiger partial charge in [0.1, 0.15) is 0 Å². The number of likely N-dealkylation sites (tertiary alicyclic amines) is 1. The van der Waals surface area contributed by atoms with Gasteiger partial charge in [0.15, 0.2) is 5.65 Å². The summed E-state index contributed by atoms with van der Waals surface area (Å²) in [7, 11) is 1.84. The average Bonchev–Trinajstić information content (AvgIpc) is 3.23. The van der Waals surface area contributed by atoms with E-state index < -0.39 is 0 Å². The van der Waals surface area contributed by atoms with E-state index in [1.54, 1.807) is 0 Å². The number of nitrogens with zero attached hydrogens (tertiary/aromatic N) is 4. The predicted octanol–water partition coefficient (Wildman–Crippen LogP) is 1.87. The van der Waals surface area contributed by atoms with Crippen molar-refractivity contribution >= 4 is 5.65 Å². The summed E-state index contributed by atoms with van der Waals surface area (Å²) in [4.78, 5) is 7.23. The molecular weight excluding hydrogens is 344 g/mol. The van der Waals surface area contributed by atoms with Crippen molar-refractivity contribution in [2.45, 2.75) is 63.8 Å². The Bertz CT molecular complexity index is 808. The smallest absolute Gasteiger partial charge is 0.159 e. The maximum absolute atomic E-state index is 9.07. The zero-order chi connectivity index (χ0) is 19.0. The van der Waals surface area contributed by atoms with Crippen LogP contribution in [0.3, 0.4) is 0 Å². The van der Waals surface area contributed by atoms with Gasteiger partial charge in [0.2, 0.25) is 0 Å². The van der Waals surface area contributed by atoms with Crippen molar-refractivity contribution in [1.82, 2.24) is 19.5 Å². The lowest BCUT2D eigenvalue weighted by Crippen LogP contribution is -2.51. The standard InChI is InChI=1S/C20H30N4O3/c1-14-10-15(2)24-19(22-14)16(12-21-24)13-23-7-6-20(26-3)5-4-17(11-18(20)23)27-9-8-25/h10,12,17-18,25H,4-9,11,13H2,1-3H3/t17-,18-,20+/m0/s1. The number of aromatic nitrogens is 3. The molecular formula is C20H30N4O3. The highest BCUT2D eigenvalue weighted by molar-refractivity contribution is 5.48. The van der Waals surface area contributed by atoms with Gasteiger partial charge < -0.3 is 14.6 Å². The van der Waals surface area contributed by atoms with Crippen LogP contribution in [0.4, 0.5) is 0 Å². The molecule has 1 aliphatic carbocycles. The first-order chi connectivity index (χ1) is 13.1. The van der Waals surface area contributed by atoms with Crippen LogP contribution in [-0.4, -0.2) is 69.2 Å². The predicted molar refractivity (Wildman–Crippen MR) is 102 cm³/mol. The monoisotopic (exact) mass is 374 g/mol. The van der Waals surface area contributed by atoms with Crippen LogP contribution in [0.1, 0.15) is 42.6 Å². The molecule has 7 nitrogen and oxygen atoms in total. The van der Waals surface area contributed by atoms with Crippen molar-refractivity contribution in [1.29, 1.82) is 0 Å². The molecule has 2 fully saturated rings. The summed E-state index contributed by atoms with van der Waals surface area (Å²) in [5.74, 6) is 0. The van der Waals surface area contributed by atoms with Crippen LogP contribution in [0.15, 0.2) is 12.3 Å². The Morgan fingerprint density at radius 3 is 2.96 bits per heavy atom. The molecule has 27 heavy (non-hydrogen) atoms. The molecule has 3 atom stereocenters. The maximum atomic E-state index is 9.07. The number of fused-ring (bicyclic) bond motifs is 2. The zero-order valence-electron chi connectivity index (χ0n) is 16.5. The first kappa shape index (κ1) is 18.8. The summed E-state index contributed by atoms with van der Waals surface area (Å²) >= 11 is 0. The summed E-state index contributed by atoms with van der Waals surface area (Å²) in [6, 6.07) is 2.38. The van der Waals surface area contributed by atoms with E-state index in [1.807, 2.05) is 24.7 Å². The van der Waals surface area contributed by atoms with Crippen molar-refractivity contribution in [3.05, 3.63) is 29.2 Å². The fourth-order valence-corrected chi connectivity index (χ4v) is 4.96. The minimum atomic E-state index is -0.0820. The second-order valence-corrected chi connectivity index (χ2v) is 7.94. The third-order valence-electron chi connectivity index (χ3n) is 6.32. The molecule has 1 saturated heterocycles. The fourth-order valence-electron chi connectivity index (χ4n) is 4.96. The number of rotatable bonds is 6. The van der Waals surface area contributed by atoms with Crippen LogP contribution in [0.2, 0.25) is 0 Å². The Kier molecular flexibility index (Phi) is 5.20. The summed E-state index contributed by atoms with van der Waals surface area (Å²) in [6.45, 7) is 6.41. The van der Waals surface area contributed by atoms with Crippen molar-refractivity contribution in [3.63, 3.8) is 0 Å². The van der Waals surface area contributed by atoms with E-state index in [2.05, 4.69) is 23.0 Å². The zero-order valence-corrected chi connectivity index (χ0v) is 16.5. The van der Waals surface area contributed by atoms with Gasteiger partial charge in [-0.1, -0.05) is 0 Å². The molecule has 0 aromatic carbocycles. The maximum Gasteiger partial charge on any atom is 0.159 e. The van der Waals surface area contributed by atoms with Crippen LogP contribution in [0.5, 0.6) is 0 Å². The van der Waals surface area contributed by atoms with E-state index in [0.29, 0.717) is 12.6 Å². The molecule has 0 unspecified atom stereocenters. The molecule has 2 aromatic heterocycles. The number of methoxy groups -OCH3 is 1. The molecule has 4 rings (SSSR count). The van der Waals surface area contributed by atoms with Crippen LogP contribution >= 0.6 is 0 Å². The topological polar surface area (TPSA) is 72.1 Å². The Balaban J connectivity index is 1.57. The third-order valence-corrected chi connectivity index (χ3v) is 6.32. The lowest BCUT2D eigenvalue weighted by molar-refractivity contribution is -0.104. The molecule has 2 aromatic rings. The van der Waals surface area contributed by atoms with Gasteiger partial charge >= 0.3 is 0 Å². The second-order valence-electron chi connectivity index (χ2n) is 7.94. The highest BCUT2D eigenvalue weighted by Gasteiger charge is 2.51. The number of ether oxygens (including phenoxy) is 2. The van der Waals surface area contributed by atoms with Crippen molar-refractivity contribution in [2.24, 2.45) is 0 Å². The van der Waals surface area contributed by atoms with E-state index in [0.717, 1.165) is 61.4 Å². The summed E-state index contributed by atoms with van der Waals surface area (Å²) < 4.78 is 13.8. The van der Waals surface area contributed by atoms with Crippen LogP contribution in [-0.2, 0) is 16.0 Å². The fraction of sp³-hybridized carbons (Fsp3) is 0.700. The van der Waals surface area contributed by atoms with Crippen molar-refractivity contribution < 1.29 is 14.6 Å². The van der Waals surface area contributed by atoms with Gasteiger partial charge in [-0.05, 0) is 45.6 Å². The number of aliphatic hydroxyl groups excluding tert-OH is 1. The summed E-state index contributed by atoms with van der Waals surface area (Å²) in [6.07, 6.45) is 6.13.